The standard InChI is InChI=1S/C18H21NO5/c1-4-24-17-13(6-5-7-16(17)23-3)11-19-14-10-12(18(20)21)8-9-15(14)22-2/h5-10,19H,4,11H2,1-3H3,(H,20,21). The molecule has 6 nitrogen and oxygen atoms in total. The summed E-state index contributed by atoms with van der Waals surface area (Å²) >= 11 is 0. The number of rotatable bonds is 8. The van der Waals surface area contributed by atoms with Gasteiger partial charge in [0.05, 0.1) is 32.1 Å². The highest BCUT2D eigenvalue weighted by atomic mass is 16.5. The monoisotopic (exact) mass is 331 g/mol. The number of hydrogen-bond donors (Lipinski definition) is 2. The van der Waals surface area contributed by atoms with Crippen LogP contribution in [0.25, 0.3) is 0 Å². The SMILES string of the molecule is CCOc1c(CNc2cc(C(=O)O)ccc2OC)cccc1OC. The number of benzene rings is 2. The molecule has 0 unspecified atom stereocenters. The van der Waals surface area contributed by atoms with E-state index in [1.807, 2.05) is 25.1 Å². The van der Waals surface area contributed by atoms with Gasteiger partial charge in [-0.15, -0.1) is 0 Å². The molecule has 0 saturated heterocycles. The van der Waals surface area contributed by atoms with E-state index >= 15 is 0 Å². The van der Waals surface area contributed by atoms with Crippen LogP contribution in [-0.2, 0) is 6.54 Å². The first kappa shape index (κ1) is 17.5. The number of aromatic carboxylic acids is 1. The smallest absolute Gasteiger partial charge is 0.335 e. The van der Waals surface area contributed by atoms with Crippen LogP contribution in [0.3, 0.4) is 0 Å². The second-order valence-electron chi connectivity index (χ2n) is 4.96. The van der Waals surface area contributed by atoms with Gasteiger partial charge in [-0.1, -0.05) is 12.1 Å². The second kappa shape index (κ2) is 8.10. The van der Waals surface area contributed by atoms with Gasteiger partial charge in [-0.05, 0) is 31.2 Å². The maximum absolute atomic E-state index is 11.1. The zero-order chi connectivity index (χ0) is 17.5. The largest absolute Gasteiger partial charge is 0.495 e. The highest BCUT2D eigenvalue weighted by Gasteiger charge is 2.12. The summed E-state index contributed by atoms with van der Waals surface area (Å²) in [6, 6.07) is 10.3. The Balaban J connectivity index is 2.27. The van der Waals surface area contributed by atoms with Crippen molar-refractivity contribution < 1.29 is 24.1 Å². The van der Waals surface area contributed by atoms with Gasteiger partial charge in [-0.3, -0.25) is 0 Å². The van der Waals surface area contributed by atoms with Crippen molar-refractivity contribution in [3.63, 3.8) is 0 Å². The van der Waals surface area contributed by atoms with Crippen molar-refractivity contribution in [3.8, 4) is 17.2 Å². The maximum atomic E-state index is 11.1. The Kier molecular flexibility index (Phi) is 5.89. The molecular weight excluding hydrogens is 310 g/mol. The molecule has 0 aliphatic rings. The average Bonchev–Trinajstić information content (AvgIpc) is 2.60. The third-order valence-corrected chi connectivity index (χ3v) is 3.48. The Morgan fingerprint density at radius 1 is 1.12 bits per heavy atom. The van der Waals surface area contributed by atoms with E-state index in [-0.39, 0.29) is 5.56 Å². The molecule has 2 aromatic rings. The Morgan fingerprint density at radius 3 is 2.50 bits per heavy atom. The fraction of sp³-hybridized carbons (Fsp3) is 0.278. The number of anilines is 1. The summed E-state index contributed by atoms with van der Waals surface area (Å²) in [4.78, 5) is 11.1. The van der Waals surface area contributed by atoms with Crippen LogP contribution >= 0.6 is 0 Å². The molecule has 0 aromatic heterocycles. The van der Waals surface area contributed by atoms with Crippen molar-refractivity contribution in [2.45, 2.75) is 13.5 Å². The molecule has 0 amide bonds. The Hall–Kier alpha value is -2.89. The van der Waals surface area contributed by atoms with E-state index in [0.29, 0.717) is 36.1 Å². The minimum absolute atomic E-state index is 0.189. The highest BCUT2D eigenvalue weighted by molar-refractivity contribution is 5.89. The Morgan fingerprint density at radius 2 is 1.88 bits per heavy atom. The topological polar surface area (TPSA) is 77.0 Å². The molecule has 0 bridgehead atoms. The quantitative estimate of drug-likeness (QED) is 0.772. The molecule has 6 heteroatoms. The van der Waals surface area contributed by atoms with Crippen molar-refractivity contribution in [2.24, 2.45) is 0 Å². The van der Waals surface area contributed by atoms with E-state index in [4.69, 9.17) is 19.3 Å². The number of carbonyl (C=O) groups is 1. The van der Waals surface area contributed by atoms with E-state index < -0.39 is 5.97 Å². The van der Waals surface area contributed by atoms with Crippen molar-refractivity contribution in [3.05, 3.63) is 47.5 Å². The number of nitrogens with one attached hydrogen (secondary N) is 1. The lowest BCUT2D eigenvalue weighted by Gasteiger charge is -2.16. The maximum Gasteiger partial charge on any atom is 0.335 e. The molecule has 2 rings (SSSR count). The van der Waals surface area contributed by atoms with Gasteiger partial charge < -0.3 is 24.6 Å². The number of carboxylic acid groups (broad SMARTS) is 1. The third kappa shape index (κ3) is 3.90. The van der Waals surface area contributed by atoms with Crippen LogP contribution in [0.2, 0.25) is 0 Å². The second-order valence-corrected chi connectivity index (χ2v) is 4.96. The lowest BCUT2D eigenvalue weighted by Crippen LogP contribution is -2.06. The highest BCUT2D eigenvalue weighted by Crippen LogP contribution is 2.33. The molecule has 2 N–H and O–H groups in total. The van der Waals surface area contributed by atoms with Crippen molar-refractivity contribution >= 4 is 11.7 Å². The zero-order valence-electron chi connectivity index (χ0n) is 14.0. The molecular formula is C18H21NO5. The summed E-state index contributed by atoms with van der Waals surface area (Å²) in [5, 5.41) is 12.3. The minimum Gasteiger partial charge on any atom is -0.495 e. The number of para-hydroxylation sites is 1. The lowest BCUT2D eigenvalue weighted by molar-refractivity contribution is 0.0697. The van der Waals surface area contributed by atoms with Crippen LogP contribution in [0.5, 0.6) is 17.2 Å². The van der Waals surface area contributed by atoms with Crippen LogP contribution in [0.15, 0.2) is 36.4 Å². The lowest BCUT2D eigenvalue weighted by atomic mass is 10.1. The number of ether oxygens (including phenoxy) is 3. The van der Waals surface area contributed by atoms with E-state index in [2.05, 4.69) is 5.32 Å². The van der Waals surface area contributed by atoms with Gasteiger partial charge in [0, 0.05) is 12.1 Å². The van der Waals surface area contributed by atoms with Crippen molar-refractivity contribution in [2.75, 3.05) is 26.1 Å². The molecule has 0 radical (unpaired) electrons. The fourth-order valence-electron chi connectivity index (χ4n) is 2.34. The molecule has 0 aliphatic carbocycles. The number of methoxy groups -OCH3 is 2. The van der Waals surface area contributed by atoms with Crippen LogP contribution in [0, 0.1) is 0 Å². The number of hydrogen-bond acceptors (Lipinski definition) is 5. The van der Waals surface area contributed by atoms with Crippen LogP contribution < -0.4 is 19.5 Å². The first-order valence-corrected chi connectivity index (χ1v) is 7.54. The van der Waals surface area contributed by atoms with Gasteiger partial charge in [0.15, 0.2) is 11.5 Å². The van der Waals surface area contributed by atoms with E-state index in [0.717, 1.165) is 5.56 Å². The molecule has 0 spiro atoms. The van der Waals surface area contributed by atoms with Gasteiger partial charge in [0.25, 0.3) is 0 Å². The summed E-state index contributed by atoms with van der Waals surface area (Å²) in [6.45, 7) is 2.86. The molecule has 2 aromatic carbocycles. The van der Waals surface area contributed by atoms with E-state index in [9.17, 15) is 4.79 Å². The van der Waals surface area contributed by atoms with Crippen LogP contribution in [0.4, 0.5) is 5.69 Å². The predicted molar refractivity (Wildman–Crippen MR) is 91.4 cm³/mol. The van der Waals surface area contributed by atoms with Crippen LogP contribution in [0.1, 0.15) is 22.8 Å². The number of carboxylic acids is 1. The summed E-state index contributed by atoms with van der Waals surface area (Å²) in [7, 11) is 3.13. The molecule has 0 heterocycles. The van der Waals surface area contributed by atoms with Crippen molar-refractivity contribution in [1.29, 1.82) is 0 Å². The van der Waals surface area contributed by atoms with Gasteiger partial charge in [0.2, 0.25) is 0 Å². The van der Waals surface area contributed by atoms with Gasteiger partial charge in [0.1, 0.15) is 5.75 Å². The Labute approximate surface area is 141 Å². The average molecular weight is 331 g/mol. The molecule has 0 atom stereocenters. The van der Waals surface area contributed by atoms with Gasteiger partial charge >= 0.3 is 5.97 Å². The van der Waals surface area contributed by atoms with Gasteiger partial charge in [-0.25, -0.2) is 4.79 Å². The normalized spacial score (nSPS) is 10.1. The van der Waals surface area contributed by atoms with Crippen LogP contribution in [-0.4, -0.2) is 31.9 Å². The Bertz CT molecular complexity index is 715. The third-order valence-electron chi connectivity index (χ3n) is 3.48. The summed E-state index contributed by atoms with van der Waals surface area (Å²) in [5.41, 5.74) is 1.69. The zero-order valence-corrected chi connectivity index (χ0v) is 14.0. The van der Waals surface area contributed by atoms with Gasteiger partial charge in [-0.2, -0.15) is 0 Å². The minimum atomic E-state index is -0.989. The summed E-state index contributed by atoms with van der Waals surface area (Å²) in [6.07, 6.45) is 0. The molecule has 0 fully saturated rings. The van der Waals surface area contributed by atoms with Crippen molar-refractivity contribution in [1.82, 2.24) is 0 Å². The van der Waals surface area contributed by atoms with E-state index in [1.54, 1.807) is 19.2 Å². The molecule has 0 saturated carbocycles. The predicted octanol–water partition coefficient (Wildman–Crippen LogP) is 3.41. The molecule has 0 aliphatic heterocycles. The fourth-order valence-corrected chi connectivity index (χ4v) is 2.34. The summed E-state index contributed by atoms with van der Waals surface area (Å²) < 4.78 is 16.3. The first-order valence-electron chi connectivity index (χ1n) is 7.54. The first-order chi connectivity index (χ1) is 11.6. The summed E-state index contributed by atoms with van der Waals surface area (Å²) in [5.74, 6) is 0.906. The molecule has 24 heavy (non-hydrogen) atoms. The molecule has 128 valence electrons. The van der Waals surface area contributed by atoms with E-state index in [1.165, 1.54) is 13.2 Å².